The maximum atomic E-state index is 4.39. The number of nitrogens with zero attached hydrogens (tertiary/aromatic N) is 2. The average Bonchev–Trinajstić information content (AvgIpc) is 2.76. The van der Waals surface area contributed by atoms with Crippen LogP contribution in [0.1, 0.15) is 22.5 Å². The van der Waals surface area contributed by atoms with Gasteiger partial charge in [0.1, 0.15) is 0 Å². The van der Waals surface area contributed by atoms with E-state index in [-0.39, 0.29) is 0 Å². The van der Waals surface area contributed by atoms with E-state index in [0.29, 0.717) is 0 Å². The normalized spacial score (nSPS) is 10.7. The average molecular weight is 401 g/mol. The Morgan fingerprint density at radius 2 is 0.929 bits per heavy atom. The molecular formula is C24H20N2S2. The molecule has 138 valence electrons. The highest BCUT2D eigenvalue weighted by Crippen LogP contribution is 2.37. The zero-order valence-electron chi connectivity index (χ0n) is 15.4. The number of hydrogen-bond donors (Lipinski definition) is 0. The predicted molar refractivity (Wildman–Crippen MR) is 119 cm³/mol. The Morgan fingerprint density at radius 3 is 1.29 bits per heavy atom. The molecule has 0 fully saturated rings. The van der Waals surface area contributed by atoms with Gasteiger partial charge in [0, 0.05) is 46.4 Å². The third-order valence-electron chi connectivity index (χ3n) is 4.30. The maximum Gasteiger partial charge on any atom is 0.0447 e. The fourth-order valence-corrected chi connectivity index (χ4v) is 4.78. The highest BCUT2D eigenvalue weighted by atomic mass is 33.1. The van der Waals surface area contributed by atoms with Crippen LogP contribution in [0.25, 0.3) is 0 Å². The smallest absolute Gasteiger partial charge is 0.0447 e. The van der Waals surface area contributed by atoms with Crippen molar-refractivity contribution in [3.8, 4) is 0 Å². The lowest BCUT2D eigenvalue weighted by molar-refractivity contribution is 1.07. The van der Waals surface area contributed by atoms with Gasteiger partial charge in [0.25, 0.3) is 0 Å². The number of benzene rings is 2. The highest BCUT2D eigenvalue weighted by molar-refractivity contribution is 8.76. The van der Waals surface area contributed by atoms with Crippen molar-refractivity contribution in [3.63, 3.8) is 0 Å². The predicted octanol–water partition coefficient (Wildman–Crippen LogP) is 6.46. The molecule has 2 nitrogen and oxygen atoms in total. The summed E-state index contributed by atoms with van der Waals surface area (Å²) in [6.45, 7) is 0. The van der Waals surface area contributed by atoms with Gasteiger partial charge in [-0.2, -0.15) is 0 Å². The summed E-state index contributed by atoms with van der Waals surface area (Å²) in [7, 11) is 3.57. The van der Waals surface area contributed by atoms with Gasteiger partial charge < -0.3 is 0 Å². The summed E-state index contributed by atoms with van der Waals surface area (Å²) in [6.07, 6.45) is 5.43. The van der Waals surface area contributed by atoms with Crippen molar-refractivity contribution in [2.45, 2.75) is 22.6 Å². The van der Waals surface area contributed by atoms with Crippen LogP contribution >= 0.6 is 21.6 Å². The van der Waals surface area contributed by atoms with Gasteiger partial charge >= 0.3 is 0 Å². The largest absolute Gasteiger partial charge is 0.261 e. The second-order valence-corrected chi connectivity index (χ2v) is 8.73. The van der Waals surface area contributed by atoms with Crippen molar-refractivity contribution >= 4 is 21.6 Å². The van der Waals surface area contributed by atoms with Crippen LogP contribution in [0, 0.1) is 0 Å². The lowest BCUT2D eigenvalue weighted by Gasteiger charge is -2.05. The number of hydrogen-bond acceptors (Lipinski definition) is 4. The molecule has 0 atom stereocenters. The van der Waals surface area contributed by atoms with Crippen LogP contribution in [-0.4, -0.2) is 9.97 Å². The summed E-state index contributed by atoms with van der Waals surface area (Å²) in [5.41, 5.74) is 4.77. The van der Waals surface area contributed by atoms with Crippen molar-refractivity contribution in [1.82, 2.24) is 9.97 Å². The van der Waals surface area contributed by atoms with Crippen molar-refractivity contribution in [2.75, 3.05) is 0 Å². The number of pyridine rings is 2. The van der Waals surface area contributed by atoms with E-state index in [4.69, 9.17) is 0 Å². The molecule has 0 saturated carbocycles. The van der Waals surface area contributed by atoms with Crippen LogP contribution in [0.3, 0.4) is 0 Å². The fourth-order valence-electron chi connectivity index (χ4n) is 2.85. The van der Waals surface area contributed by atoms with E-state index in [9.17, 15) is 0 Å². The van der Waals surface area contributed by atoms with Gasteiger partial charge in [-0.25, -0.2) is 0 Å². The minimum Gasteiger partial charge on any atom is -0.261 e. The Kier molecular flexibility index (Phi) is 6.43. The van der Waals surface area contributed by atoms with Crippen LogP contribution in [0.4, 0.5) is 0 Å². The zero-order chi connectivity index (χ0) is 19.0. The van der Waals surface area contributed by atoms with E-state index < -0.39 is 0 Å². The standard InChI is InChI=1S/C24H20N2S2/c1-3-15-25-21(5-1)17-19-7-11-23(12-8-19)27-28-24-13-9-20(10-14-24)18-22-6-2-4-16-26-22/h1-16H,17-18H2. The topological polar surface area (TPSA) is 25.8 Å². The van der Waals surface area contributed by atoms with Gasteiger partial charge in [-0.15, -0.1) is 0 Å². The molecule has 0 N–H and O–H groups in total. The molecule has 0 amide bonds. The first-order valence-corrected chi connectivity index (χ1v) is 11.3. The van der Waals surface area contributed by atoms with Crippen LogP contribution in [0.5, 0.6) is 0 Å². The molecule has 0 spiro atoms. The van der Waals surface area contributed by atoms with Crippen LogP contribution in [0.2, 0.25) is 0 Å². The molecule has 0 bridgehead atoms. The zero-order valence-corrected chi connectivity index (χ0v) is 17.0. The summed E-state index contributed by atoms with van der Waals surface area (Å²) in [5, 5.41) is 0. The lowest BCUT2D eigenvalue weighted by Crippen LogP contribution is -1.90. The highest BCUT2D eigenvalue weighted by Gasteiger charge is 2.02. The van der Waals surface area contributed by atoms with Crippen molar-refractivity contribution < 1.29 is 0 Å². The summed E-state index contributed by atoms with van der Waals surface area (Å²) in [5.74, 6) is 0. The SMILES string of the molecule is c1ccc(Cc2ccc(SSc3ccc(Cc4ccccn4)cc3)cc2)nc1. The van der Waals surface area contributed by atoms with E-state index in [0.717, 1.165) is 24.2 Å². The van der Waals surface area contributed by atoms with Crippen molar-refractivity contribution in [3.05, 3.63) is 120 Å². The number of aromatic nitrogens is 2. The van der Waals surface area contributed by atoms with Crippen molar-refractivity contribution in [1.29, 1.82) is 0 Å². The molecule has 4 heteroatoms. The molecule has 4 aromatic rings. The Labute approximate surface area is 173 Å². The molecule has 28 heavy (non-hydrogen) atoms. The minimum absolute atomic E-state index is 0.872. The van der Waals surface area contributed by atoms with Gasteiger partial charge in [0.2, 0.25) is 0 Å². The van der Waals surface area contributed by atoms with Gasteiger partial charge in [0.05, 0.1) is 0 Å². The Balaban J connectivity index is 1.30. The Hall–Kier alpha value is -2.56. The van der Waals surface area contributed by atoms with E-state index in [1.807, 2.05) is 36.7 Å². The summed E-state index contributed by atoms with van der Waals surface area (Å²) in [4.78, 5) is 11.3. The molecule has 4 rings (SSSR count). The van der Waals surface area contributed by atoms with E-state index in [1.54, 1.807) is 21.6 Å². The fraction of sp³-hybridized carbons (Fsp3) is 0.0833. The molecule has 2 heterocycles. The van der Waals surface area contributed by atoms with E-state index in [2.05, 4.69) is 70.6 Å². The first-order valence-electron chi connectivity index (χ1n) is 9.17. The van der Waals surface area contributed by atoms with Gasteiger partial charge in [-0.3, -0.25) is 9.97 Å². The summed E-state index contributed by atoms with van der Waals surface area (Å²) < 4.78 is 0. The van der Waals surface area contributed by atoms with Crippen LogP contribution < -0.4 is 0 Å². The van der Waals surface area contributed by atoms with Gasteiger partial charge in [-0.1, -0.05) is 58.0 Å². The van der Waals surface area contributed by atoms with E-state index in [1.165, 1.54) is 20.9 Å². The molecule has 0 unspecified atom stereocenters. The van der Waals surface area contributed by atoms with E-state index >= 15 is 0 Å². The quantitative estimate of drug-likeness (QED) is 0.333. The molecular weight excluding hydrogens is 380 g/mol. The Bertz CT molecular complexity index is 901. The Morgan fingerprint density at radius 1 is 0.500 bits per heavy atom. The first-order chi connectivity index (χ1) is 13.8. The molecule has 2 aromatic heterocycles. The molecule has 0 aliphatic carbocycles. The number of rotatable bonds is 7. The molecule has 0 radical (unpaired) electrons. The summed E-state index contributed by atoms with van der Waals surface area (Å²) >= 11 is 0. The van der Waals surface area contributed by atoms with Crippen molar-refractivity contribution in [2.24, 2.45) is 0 Å². The monoisotopic (exact) mass is 400 g/mol. The molecule has 0 aliphatic rings. The van der Waals surface area contributed by atoms with Gasteiger partial charge in [-0.05, 0) is 59.7 Å². The first kappa shape index (κ1) is 18.8. The molecule has 0 saturated heterocycles. The third-order valence-corrected chi connectivity index (χ3v) is 6.72. The second kappa shape index (κ2) is 9.58. The lowest BCUT2D eigenvalue weighted by atomic mass is 10.1. The molecule has 2 aromatic carbocycles. The third kappa shape index (κ3) is 5.47. The van der Waals surface area contributed by atoms with Crippen LogP contribution in [-0.2, 0) is 12.8 Å². The second-order valence-electron chi connectivity index (χ2n) is 6.45. The minimum atomic E-state index is 0.872. The van der Waals surface area contributed by atoms with Gasteiger partial charge in [0.15, 0.2) is 0 Å². The maximum absolute atomic E-state index is 4.39. The van der Waals surface area contributed by atoms with Crippen LogP contribution in [0.15, 0.2) is 107 Å². The molecule has 0 aliphatic heterocycles. The summed E-state index contributed by atoms with van der Waals surface area (Å²) in [6, 6.07) is 29.6.